The van der Waals surface area contributed by atoms with Crippen molar-refractivity contribution in [3.05, 3.63) is 41.3 Å². The number of fused-ring (bicyclic) bond motifs is 3. The third kappa shape index (κ3) is 1.55. The number of aromatic nitrogens is 6. The van der Waals surface area contributed by atoms with Gasteiger partial charge in [0.25, 0.3) is 0 Å². The van der Waals surface area contributed by atoms with Crippen LogP contribution in [0.3, 0.4) is 0 Å². The van der Waals surface area contributed by atoms with E-state index in [-0.39, 0.29) is 0 Å². The van der Waals surface area contributed by atoms with Crippen molar-refractivity contribution in [3.63, 3.8) is 0 Å². The van der Waals surface area contributed by atoms with Gasteiger partial charge in [0.2, 0.25) is 0 Å². The molecule has 0 aliphatic carbocycles. The highest BCUT2D eigenvalue weighted by Gasteiger charge is 2.12. The number of benzene rings is 1. The Morgan fingerprint density at radius 1 is 1.21 bits per heavy atom. The lowest BCUT2D eigenvalue weighted by atomic mass is 10.2. The van der Waals surface area contributed by atoms with E-state index in [1.54, 1.807) is 17.0 Å². The molecular weight excluding hydrogens is 308 g/mol. The van der Waals surface area contributed by atoms with Crippen LogP contribution < -0.4 is 0 Å². The number of aromatic amines is 1. The maximum Gasteiger partial charge on any atom is 0.183 e. The smallest absolute Gasteiger partial charge is 0.183 e. The minimum Gasteiger partial charge on any atom is -0.261 e. The Labute approximate surface area is 115 Å². The molecule has 0 amide bonds. The maximum atomic E-state index is 4.57. The maximum absolute atomic E-state index is 4.57. The molecule has 0 bridgehead atoms. The van der Waals surface area contributed by atoms with Crippen molar-refractivity contribution in [3.8, 4) is 11.4 Å². The van der Waals surface area contributed by atoms with E-state index in [0.29, 0.717) is 11.5 Å². The van der Waals surface area contributed by atoms with Crippen LogP contribution in [0, 0.1) is 0 Å². The van der Waals surface area contributed by atoms with Crippen LogP contribution in [-0.4, -0.2) is 29.8 Å². The summed E-state index contributed by atoms with van der Waals surface area (Å²) in [5.41, 5.74) is 2.39. The summed E-state index contributed by atoms with van der Waals surface area (Å²) in [7, 11) is 0. The monoisotopic (exact) mass is 314 g/mol. The van der Waals surface area contributed by atoms with Gasteiger partial charge in [-0.1, -0.05) is 28.1 Å². The predicted molar refractivity (Wildman–Crippen MR) is 73.6 cm³/mol. The van der Waals surface area contributed by atoms with Crippen molar-refractivity contribution >= 4 is 32.6 Å². The summed E-state index contributed by atoms with van der Waals surface area (Å²) in [4.78, 5) is 8.80. The molecule has 0 unspecified atom stereocenters. The number of hydrogen-bond acceptors (Lipinski definition) is 4. The van der Waals surface area contributed by atoms with Crippen LogP contribution >= 0.6 is 15.9 Å². The van der Waals surface area contributed by atoms with Crippen molar-refractivity contribution in [1.82, 2.24) is 29.8 Å². The summed E-state index contributed by atoms with van der Waals surface area (Å²) in [6.45, 7) is 0. The Balaban J connectivity index is 2.04. The second-order valence-electron chi connectivity index (χ2n) is 4.06. The molecule has 1 aromatic carbocycles. The van der Waals surface area contributed by atoms with Crippen molar-refractivity contribution in [2.45, 2.75) is 0 Å². The van der Waals surface area contributed by atoms with Crippen molar-refractivity contribution in [2.24, 2.45) is 0 Å². The van der Waals surface area contributed by atoms with Gasteiger partial charge in [0, 0.05) is 10.0 Å². The quantitative estimate of drug-likeness (QED) is 0.585. The summed E-state index contributed by atoms with van der Waals surface area (Å²) in [5, 5.41) is 12.1. The minimum atomic E-state index is 0.656. The third-order valence-electron chi connectivity index (χ3n) is 2.90. The number of H-pyrrole nitrogens is 1. The molecule has 92 valence electrons. The van der Waals surface area contributed by atoms with E-state index in [2.05, 4.69) is 41.2 Å². The third-order valence-corrected chi connectivity index (χ3v) is 3.59. The first-order chi connectivity index (χ1) is 9.33. The summed E-state index contributed by atoms with van der Waals surface area (Å²) in [5.74, 6) is 0.656. The van der Waals surface area contributed by atoms with Gasteiger partial charge in [-0.15, -0.1) is 5.10 Å². The fourth-order valence-electron chi connectivity index (χ4n) is 2.00. The molecule has 0 saturated carbocycles. The molecule has 7 heteroatoms. The molecule has 0 radical (unpaired) electrons. The Hall–Kier alpha value is -2.28. The van der Waals surface area contributed by atoms with Crippen LogP contribution in [0.5, 0.6) is 0 Å². The van der Waals surface area contributed by atoms with E-state index in [1.165, 1.54) is 0 Å². The summed E-state index contributed by atoms with van der Waals surface area (Å²) in [6.07, 6.45) is 3.33. The molecule has 0 saturated heterocycles. The summed E-state index contributed by atoms with van der Waals surface area (Å²) >= 11 is 3.51. The zero-order valence-corrected chi connectivity index (χ0v) is 11.2. The Kier molecular flexibility index (Phi) is 2.16. The van der Waals surface area contributed by atoms with Crippen LogP contribution in [0.15, 0.2) is 41.3 Å². The summed E-state index contributed by atoms with van der Waals surface area (Å²) in [6, 6.07) is 7.85. The Morgan fingerprint density at radius 3 is 3.00 bits per heavy atom. The van der Waals surface area contributed by atoms with Crippen LogP contribution in [0.4, 0.5) is 0 Å². The van der Waals surface area contributed by atoms with E-state index in [4.69, 9.17) is 0 Å². The first-order valence-electron chi connectivity index (χ1n) is 5.62. The predicted octanol–water partition coefficient (Wildman–Crippen LogP) is 2.43. The minimum absolute atomic E-state index is 0.656. The molecular formula is C12H7BrN6. The molecule has 1 N–H and O–H groups in total. The lowest BCUT2D eigenvalue weighted by Gasteiger charge is -1.96. The Morgan fingerprint density at radius 2 is 2.11 bits per heavy atom. The van der Waals surface area contributed by atoms with Gasteiger partial charge < -0.3 is 0 Å². The molecule has 0 atom stereocenters. The van der Waals surface area contributed by atoms with E-state index in [9.17, 15) is 0 Å². The summed E-state index contributed by atoms with van der Waals surface area (Å²) < 4.78 is 2.62. The molecule has 0 aliphatic rings. The second kappa shape index (κ2) is 3.86. The molecule has 4 rings (SSSR count). The van der Waals surface area contributed by atoms with Crippen molar-refractivity contribution in [1.29, 1.82) is 0 Å². The average molecular weight is 315 g/mol. The van der Waals surface area contributed by atoms with E-state index < -0.39 is 0 Å². The average Bonchev–Trinajstić information content (AvgIpc) is 3.04. The van der Waals surface area contributed by atoms with Gasteiger partial charge in [0.15, 0.2) is 17.1 Å². The highest BCUT2D eigenvalue weighted by Crippen LogP contribution is 2.26. The van der Waals surface area contributed by atoms with Crippen LogP contribution in [0.2, 0.25) is 0 Å². The number of nitrogens with one attached hydrogen (secondary N) is 1. The van der Waals surface area contributed by atoms with E-state index in [1.807, 2.05) is 24.3 Å². The molecule has 6 nitrogen and oxygen atoms in total. The standard InChI is InChI=1S/C12H7BrN6/c13-9-4-2-1-3-7(9)11-16-12-8-5-15-17-10(8)14-6-19(12)18-11/h1-6H,(H,15,17). The van der Waals surface area contributed by atoms with Gasteiger partial charge in [-0.05, 0) is 12.1 Å². The normalized spacial score (nSPS) is 11.4. The first kappa shape index (κ1) is 10.6. The second-order valence-corrected chi connectivity index (χ2v) is 4.91. The topological polar surface area (TPSA) is 71.8 Å². The molecule has 4 aromatic rings. The fraction of sp³-hybridized carbons (Fsp3) is 0. The van der Waals surface area contributed by atoms with Crippen LogP contribution in [0.25, 0.3) is 28.1 Å². The highest BCUT2D eigenvalue weighted by atomic mass is 79.9. The van der Waals surface area contributed by atoms with Gasteiger partial charge in [0.1, 0.15) is 6.33 Å². The molecule has 0 spiro atoms. The largest absolute Gasteiger partial charge is 0.261 e. The molecule has 0 fully saturated rings. The molecule has 0 aliphatic heterocycles. The van der Waals surface area contributed by atoms with Crippen molar-refractivity contribution < 1.29 is 0 Å². The van der Waals surface area contributed by atoms with E-state index in [0.717, 1.165) is 21.1 Å². The zero-order valence-electron chi connectivity index (χ0n) is 9.58. The lowest BCUT2D eigenvalue weighted by molar-refractivity contribution is 0.934. The van der Waals surface area contributed by atoms with Gasteiger partial charge >= 0.3 is 0 Å². The number of rotatable bonds is 1. The molecule has 19 heavy (non-hydrogen) atoms. The Bertz CT molecular complexity index is 893. The lowest BCUT2D eigenvalue weighted by Crippen LogP contribution is -1.90. The molecule has 3 heterocycles. The zero-order chi connectivity index (χ0) is 12.8. The number of halogens is 1. The van der Waals surface area contributed by atoms with E-state index >= 15 is 0 Å². The van der Waals surface area contributed by atoms with Gasteiger partial charge in [-0.2, -0.15) is 5.10 Å². The van der Waals surface area contributed by atoms with Crippen LogP contribution in [-0.2, 0) is 0 Å². The number of nitrogens with zero attached hydrogens (tertiary/aromatic N) is 5. The van der Waals surface area contributed by atoms with Crippen molar-refractivity contribution in [2.75, 3.05) is 0 Å². The SMILES string of the molecule is Brc1ccccc1-c1nc2c3cn[nH]c3ncn2n1. The van der Waals surface area contributed by atoms with Gasteiger partial charge in [-0.25, -0.2) is 14.5 Å². The highest BCUT2D eigenvalue weighted by molar-refractivity contribution is 9.10. The molecule has 3 aromatic heterocycles. The first-order valence-corrected chi connectivity index (χ1v) is 6.41. The van der Waals surface area contributed by atoms with Crippen LogP contribution in [0.1, 0.15) is 0 Å². The number of hydrogen-bond donors (Lipinski definition) is 1. The van der Waals surface area contributed by atoms with Gasteiger partial charge in [-0.3, -0.25) is 5.10 Å². The van der Waals surface area contributed by atoms with Gasteiger partial charge in [0.05, 0.1) is 11.6 Å². The fourth-order valence-corrected chi connectivity index (χ4v) is 2.46.